The number of hydrogen-bond acceptors (Lipinski definition) is 6. The molecule has 0 bridgehead atoms. The fraction of sp³-hybridized carbons (Fsp3) is 0.417. The molecule has 1 aromatic heterocycles. The van der Waals surface area contributed by atoms with Crippen molar-refractivity contribution in [3.05, 3.63) is 23.9 Å². The third-order valence-electron chi connectivity index (χ3n) is 2.52. The summed E-state index contributed by atoms with van der Waals surface area (Å²) in [6, 6.07) is 2.48. The quantitative estimate of drug-likeness (QED) is 0.297. The van der Waals surface area contributed by atoms with Crippen molar-refractivity contribution >= 4 is 17.6 Å². The molecule has 0 saturated heterocycles. The zero-order valence-corrected chi connectivity index (χ0v) is 11.5. The van der Waals surface area contributed by atoms with Gasteiger partial charge in [-0.3, -0.25) is 9.59 Å². The standard InChI is InChI=1S/C12H19N5O3/c1-8(11(18)14-5-6-20-2)16-12(19)9-3-4-10(17-13)15-7-9/h3-4,7-8H,5-6,13H2,1-2H3,(H,14,18)(H,15,17)(H,16,19). The second-order valence-electron chi connectivity index (χ2n) is 4.06. The molecule has 5 N–H and O–H groups in total. The van der Waals surface area contributed by atoms with Crippen LogP contribution in [0.15, 0.2) is 18.3 Å². The lowest BCUT2D eigenvalue weighted by Crippen LogP contribution is -2.45. The first-order valence-corrected chi connectivity index (χ1v) is 6.08. The molecule has 0 aliphatic heterocycles. The average Bonchev–Trinajstić information content (AvgIpc) is 2.47. The molecule has 1 atom stereocenters. The summed E-state index contributed by atoms with van der Waals surface area (Å²) in [5.41, 5.74) is 2.71. The van der Waals surface area contributed by atoms with Crippen molar-refractivity contribution < 1.29 is 14.3 Å². The molecule has 0 aliphatic carbocycles. The van der Waals surface area contributed by atoms with Gasteiger partial charge in [0.2, 0.25) is 5.91 Å². The van der Waals surface area contributed by atoms with E-state index in [9.17, 15) is 9.59 Å². The molecule has 1 rings (SSSR count). The molecule has 0 aromatic carbocycles. The van der Waals surface area contributed by atoms with Crippen LogP contribution in [0.1, 0.15) is 17.3 Å². The molecular formula is C12H19N5O3. The summed E-state index contributed by atoms with van der Waals surface area (Å²) in [5, 5.41) is 5.21. The SMILES string of the molecule is COCCNC(=O)C(C)NC(=O)c1ccc(NN)nc1. The zero-order valence-electron chi connectivity index (χ0n) is 11.5. The molecule has 1 heterocycles. The fourth-order valence-electron chi connectivity index (χ4n) is 1.39. The van der Waals surface area contributed by atoms with Crippen LogP contribution >= 0.6 is 0 Å². The van der Waals surface area contributed by atoms with E-state index < -0.39 is 6.04 Å². The molecular weight excluding hydrogens is 262 g/mol. The number of rotatable bonds is 7. The molecule has 20 heavy (non-hydrogen) atoms. The Bertz CT molecular complexity index is 449. The average molecular weight is 281 g/mol. The molecule has 1 aromatic rings. The summed E-state index contributed by atoms with van der Waals surface area (Å²) in [7, 11) is 1.55. The van der Waals surface area contributed by atoms with E-state index in [1.54, 1.807) is 26.2 Å². The van der Waals surface area contributed by atoms with Gasteiger partial charge in [-0.15, -0.1) is 0 Å². The number of amides is 2. The first-order chi connectivity index (χ1) is 9.58. The number of pyridine rings is 1. The maximum absolute atomic E-state index is 11.9. The molecule has 2 amide bonds. The maximum atomic E-state index is 11.9. The van der Waals surface area contributed by atoms with Crippen LogP contribution in [0.25, 0.3) is 0 Å². The number of nitrogens with zero attached hydrogens (tertiary/aromatic N) is 1. The molecule has 1 unspecified atom stereocenters. The van der Waals surface area contributed by atoms with Crippen LogP contribution in [0.5, 0.6) is 0 Å². The Morgan fingerprint density at radius 2 is 2.20 bits per heavy atom. The highest BCUT2D eigenvalue weighted by molar-refractivity contribution is 5.97. The minimum Gasteiger partial charge on any atom is -0.383 e. The maximum Gasteiger partial charge on any atom is 0.253 e. The van der Waals surface area contributed by atoms with Crippen LogP contribution < -0.4 is 21.9 Å². The van der Waals surface area contributed by atoms with Gasteiger partial charge in [0.25, 0.3) is 5.91 Å². The number of anilines is 1. The largest absolute Gasteiger partial charge is 0.383 e. The first kappa shape index (κ1) is 15.9. The minimum absolute atomic E-state index is 0.274. The van der Waals surface area contributed by atoms with Crippen LogP contribution in [0.2, 0.25) is 0 Å². The van der Waals surface area contributed by atoms with E-state index in [-0.39, 0.29) is 11.8 Å². The minimum atomic E-state index is -0.647. The second-order valence-corrected chi connectivity index (χ2v) is 4.06. The molecule has 0 saturated carbocycles. The zero-order chi connectivity index (χ0) is 15.0. The van der Waals surface area contributed by atoms with Gasteiger partial charge in [0.15, 0.2) is 0 Å². The third kappa shape index (κ3) is 4.82. The van der Waals surface area contributed by atoms with Crippen molar-refractivity contribution in [1.29, 1.82) is 0 Å². The predicted molar refractivity (Wildman–Crippen MR) is 73.9 cm³/mol. The van der Waals surface area contributed by atoms with Gasteiger partial charge in [-0.25, -0.2) is 10.8 Å². The third-order valence-corrected chi connectivity index (χ3v) is 2.52. The first-order valence-electron chi connectivity index (χ1n) is 6.08. The lowest BCUT2D eigenvalue weighted by molar-refractivity contribution is -0.122. The van der Waals surface area contributed by atoms with Gasteiger partial charge in [-0.1, -0.05) is 0 Å². The lowest BCUT2D eigenvalue weighted by atomic mass is 10.2. The van der Waals surface area contributed by atoms with Crippen molar-refractivity contribution in [2.24, 2.45) is 5.84 Å². The number of aromatic nitrogens is 1. The second kappa shape index (κ2) is 8.08. The van der Waals surface area contributed by atoms with Crippen LogP contribution in [0, 0.1) is 0 Å². The van der Waals surface area contributed by atoms with Crippen molar-refractivity contribution in [3.63, 3.8) is 0 Å². The highest BCUT2D eigenvalue weighted by Gasteiger charge is 2.16. The Morgan fingerprint density at radius 1 is 1.45 bits per heavy atom. The number of nitrogens with one attached hydrogen (secondary N) is 3. The van der Waals surface area contributed by atoms with Gasteiger partial charge in [-0.05, 0) is 19.1 Å². The summed E-state index contributed by atoms with van der Waals surface area (Å²) in [6.07, 6.45) is 1.38. The number of hydrogen-bond donors (Lipinski definition) is 4. The number of carbonyl (C=O) groups is 2. The molecule has 0 radical (unpaired) electrons. The summed E-state index contributed by atoms with van der Waals surface area (Å²) in [6.45, 7) is 2.42. The van der Waals surface area contributed by atoms with Gasteiger partial charge in [0.1, 0.15) is 11.9 Å². The van der Waals surface area contributed by atoms with E-state index >= 15 is 0 Å². The van der Waals surface area contributed by atoms with E-state index in [1.165, 1.54) is 6.20 Å². The van der Waals surface area contributed by atoms with Gasteiger partial charge in [0, 0.05) is 19.9 Å². The highest BCUT2D eigenvalue weighted by atomic mass is 16.5. The van der Waals surface area contributed by atoms with Crippen molar-refractivity contribution in [2.75, 3.05) is 25.7 Å². The number of methoxy groups -OCH3 is 1. The molecule has 0 aliphatic rings. The predicted octanol–water partition coefficient (Wildman–Crippen LogP) is -0.752. The monoisotopic (exact) mass is 281 g/mol. The lowest BCUT2D eigenvalue weighted by Gasteiger charge is -2.14. The summed E-state index contributed by atoms with van der Waals surface area (Å²) >= 11 is 0. The topological polar surface area (TPSA) is 118 Å². The van der Waals surface area contributed by atoms with Gasteiger partial charge >= 0.3 is 0 Å². The Balaban J connectivity index is 2.49. The molecule has 8 heteroatoms. The van der Waals surface area contributed by atoms with Gasteiger partial charge in [0.05, 0.1) is 12.2 Å². The Kier molecular flexibility index (Phi) is 6.41. The number of carbonyl (C=O) groups excluding carboxylic acids is 2. The van der Waals surface area contributed by atoms with E-state index in [1.807, 2.05) is 0 Å². The normalized spacial score (nSPS) is 11.6. The van der Waals surface area contributed by atoms with Crippen LogP contribution in [-0.4, -0.2) is 43.1 Å². The summed E-state index contributed by atoms with van der Waals surface area (Å²) in [4.78, 5) is 27.5. The highest BCUT2D eigenvalue weighted by Crippen LogP contribution is 2.03. The number of ether oxygens (including phenoxy) is 1. The van der Waals surface area contributed by atoms with Crippen LogP contribution in [0.3, 0.4) is 0 Å². The van der Waals surface area contributed by atoms with E-state index in [0.717, 1.165) is 0 Å². The van der Waals surface area contributed by atoms with Crippen LogP contribution in [-0.2, 0) is 9.53 Å². The Labute approximate surface area is 117 Å². The molecule has 0 fully saturated rings. The Hall–Kier alpha value is -2.19. The smallest absolute Gasteiger partial charge is 0.253 e. The number of hydrazine groups is 1. The van der Waals surface area contributed by atoms with Crippen molar-refractivity contribution in [1.82, 2.24) is 15.6 Å². The molecule has 110 valence electrons. The molecule has 0 spiro atoms. The summed E-state index contributed by atoms with van der Waals surface area (Å²) in [5.74, 6) is 4.98. The van der Waals surface area contributed by atoms with E-state index in [0.29, 0.717) is 24.5 Å². The van der Waals surface area contributed by atoms with E-state index in [4.69, 9.17) is 10.6 Å². The van der Waals surface area contributed by atoms with Gasteiger partial charge in [-0.2, -0.15) is 0 Å². The summed E-state index contributed by atoms with van der Waals surface area (Å²) < 4.78 is 4.82. The van der Waals surface area contributed by atoms with E-state index in [2.05, 4.69) is 21.0 Å². The van der Waals surface area contributed by atoms with Crippen molar-refractivity contribution in [2.45, 2.75) is 13.0 Å². The van der Waals surface area contributed by atoms with Gasteiger partial charge < -0.3 is 20.8 Å². The molecule has 8 nitrogen and oxygen atoms in total. The Morgan fingerprint density at radius 3 is 2.75 bits per heavy atom. The number of nitrogen functional groups attached to an aromatic ring is 1. The van der Waals surface area contributed by atoms with Crippen molar-refractivity contribution in [3.8, 4) is 0 Å². The number of nitrogens with two attached hydrogens (primary N) is 1. The van der Waals surface area contributed by atoms with Crippen LogP contribution in [0.4, 0.5) is 5.82 Å². The fourth-order valence-corrected chi connectivity index (χ4v) is 1.39.